The summed E-state index contributed by atoms with van der Waals surface area (Å²) in [6.07, 6.45) is 4.56. The van der Waals surface area contributed by atoms with Crippen molar-refractivity contribution >= 4 is 23.3 Å². The van der Waals surface area contributed by atoms with Crippen LogP contribution in [0.15, 0.2) is 30.5 Å². The normalized spacial score (nSPS) is 16.9. The number of carbonyl (C=O) groups excluding carboxylic acids is 2. The zero-order chi connectivity index (χ0) is 19.0. The van der Waals surface area contributed by atoms with E-state index < -0.39 is 11.8 Å². The number of urea groups is 1. The van der Waals surface area contributed by atoms with Crippen LogP contribution >= 0.6 is 0 Å². The van der Waals surface area contributed by atoms with Crippen molar-refractivity contribution in [1.29, 1.82) is 0 Å². The number of aromatic nitrogens is 1. The van der Waals surface area contributed by atoms with E-state index in [9.17, 15) is 14.0 Å². The zero-order valence-corrected chi connectivity index (χ0v) is 15.0. The molecule has 0 bridgehead atoms. The first-order chi connectivity index (χ1) is 13.0. The van der Waals surface area contributed by atoms with Crippen LogP contribution in [0.2, 0.25) is 0 Å². The number of carbonyl (C=O) groups is 2. The van der Waals surface area contributed by atoms with E-state index >= 15 is 0 Å². The molecule has 1 saturated carbocycles. The Morgan fingerprint density at radius 2 is 2.11 bits per heavy atom. The Bertz CT molecular complexity index is 911. The number of benzene rings is 1. The summed E-state index contributed by atoms with van der Waals surface area (Å²) in [6.45, 7) is 1.98. The molecule has 1 aromatic carbocycles. The second-order valence-electron chi connectivity index (χ2n) is 7.21. The maximum absolute atomic E-state index is 13.9. The van der Waals surface area contributed by atoms with Gasteiger partial charge < -0.3 is 16.0 Å². The number of halogens is 1. The Morgan fingerprint density at radius 1 is 1.30 bits per heavy atom. The molecular weight excluding hydrogens is 347 g/mol. The minimum atomic E-state index is -0.445. The summed E-state index contributed by atoms with van der Waals surface area (Å²) in [4.78, 5) is 28.7. The van der Waals surface area contributed by atoms with Gasteiger partial charge in [-0.2, -0.15) is 0 Å². The minimum absolute atomic E-state index is 0.141. The minimum Gasteiger partial charge on any atom is -0.329 e. The summed E-state index contributed by atoms with van der Waals surface area (Å²) >= 11 is 0. The van der Waals surface area contributed by atoms with E-state index in [0.29, 0.717) is 30.0 Å². The smallest absolute Gasteiger partial charge is 0.319 e. The van der Waals surface area contributed by atoms with Gasteiger partial charge >= 0.3 is 6.03 Å². The quantitative estimate of drug-likeness (QED) is 0.770. The molecule has 6 nitrogen and oxygen atoms in total. The average Bonchev–Trinajstić information content (AvgIpc) is 3.45. The van der Waals surface area contributed by atoms with Gasteiger partial charge in [-0.1, -0.05) is 0 Å². The number of fused-ring (bicyclic) bond motifs is 1. The van der Waals surface area contributed by atoms with Crippen LogP contribution in [0.25, 0.3) is 0 Å². The maximum atomic E-state index is 13.9. The molecule has 0 spiro atoms. The van der Waals surface area contributed by atoms with Crippen molar-refractivity contribution in [3.05, 3.63) is 53.1 Å². The average molecular weight is 368 g/mol. The van der Waals surface area contributed by atoms with E-state index in [1.807, 2.05) is 19.1 Å². The van der Waals surface area contributed by atoms with Gasteiger partial charge in [-0.3, -0.25) is 9.78 Å². The predicted molar refractivity (Wildman–Crippen MR) is 99.9 cm³/mol. The zero-order valence-electron chi connectivity index (χ0n) is 15.0. The van der Waals surface area contributed by atoms with Crippen LogP contribution in [-0.4, -0.2) is 16.9 Å². The second kappa shape index (κ2) is 6.98. The Balaban J connectivity index is 1.54. The number of nitrogens with zero attached hydrogens (tertiary/aromatic N) is 1. The van der Waals surface area contributed by atoms with E-state index in [4.69, 9.17) is 0 Å². The first kappa shape index (κ1) is 17.5. The van der Waals surface area contributed by atoms with Gasteiger partial charge in [0.05, 0.1) is 23.1 Å². The topological polar surface area (TPSA) is 83.1 Å². The molecule has 2 heterocycles. The molecule has 1 atom stereocenters. The third-order valence-electron chi connectivity index (χ3n) is 4.95. The molecule has 2 aliphatic rings. The fourth-order valence-corrected chi connectivity index (χ4v) is 3.45. The number of anilines is 2. The molecule has 1 aliphatic carbocycles. The molecule has 0 unspecified atom stereocenters. The lowest BCUT2D eigenvalue weighted by atomic mass is 10.0. The Kier molecular flexibility index (Phi) is 4.51. The number of hydrogen-bond acceptors (Lipinski definition) is 3. The second-order valence-corrected chi connectivity index (χ2v) is 7.21. The van der Waals surface area contributed by atoms with Crippen molar-refractivity contribution in [3.63, 3.8) is 0 Å². The van der Waals surface area contributed by atoms with E-state index in [1.165, 1.54) is 12.1 Å². The lowest BCUT2D eigenvalue weighted by Crippen LogP contribution is -2.34. The first-order valence-corrected chi connectivity index (χ1v) is 9.12. The maximum Gasteiger partial charge on any atom is 0.319 e. The summed E-state index contributed by atoms with van der Waals surface area (Å²) in [5, 5.41) is 8.39. The number of nitrogens with one attached hydrogen (secondary N) is 3. The number of rotatable bonds is 4. The molecule has 4 rings (SSSR count). The third kappa shape index (κ3) is 3.92. The standard InChI is InChI=1S/C20H21FN4O2/c1-11-6-7-22-15(8-11)18(12-2-3-12)25-20(27)23-16-10-14(21)9-13-4-5-17(26)24-19(13)16/h6-10,12,18H,2-5H2,1H3,(H,24,26)(H2,23,25,27)/t18-/m0/s1. The summed E-state index contributed by atoms with van der Waals surface area (Å²) < 4.78 is 13.9. The van der Waals surface area contributed by atoms with E-state index in [-0.39, 0.29) is 17.6 Å². The molecule has 140 valence electrons. The molecule has 2 aromatic rings. The number of aryl methyl sites for hydroxylation is 2. The lowest BCUT2D eigenvalue weighted by Gasteiger charge is -2.22. The number of hydrogen-bond donors (Lipinski definition) is 3. The molecule has 1 aliphatic heterocycles. The Labute approximate surface area is 156 Å². The molecule has 0 radical (unpaired) electrons. The van der Waals surface area contributed by atoms with Gasteiger partial charge in [-0.05, 0) is 67.5 Å². The van der Waals surface area contributed by atoms with Crippen molar-refractivity contribution in [1.82, 2.24) is 10.3 Å². The van der Waals surface area contributed by atoms with Gasteiger partial charge in [-0.15, -0.1) is 0 Å². The van der Waals surface area contributed by atoms with Crippen molar-refractivity contribution in [2.24, 2.45) is 5.92 Å². The number of pyridine rings is 1. The highest BCUT2D eigenvalue weighted by Crippen LogP contribution is 2.40. The van der Waals surface area contributed by atoms with Gasteiger partial charge in [0, 0.05) is 12.6 Å². The van der Waals surface area contributed by atoms with Crippen LogP contribution in [-0.2, 0) is 11.2 Å². The lowest BCUT2D eigenvalue weighted by molar-refractivity contribution is -0.116. The van der Waals surface area contributed by atoms with E-state index in [1.54, 1.807) is 6.20 Å². The number of amides is 3. The summed E-state index contributed by atoms with van der Waals surface area (Å²) in [5.74, 6) is -0.233. The molecule has 3 amide bonds. The van der Waals surface area contributed by atoms with E-state index in [2.05, 4.69) is 20.9 Å². The third-order valence-corrected chi connectivity index (χ3v) is 4.95. The highest BCUT2D eigenvalue weighted by molar-refractivity contribution is 6.01. The van der Waals surface area contributed by atoms with Gasteiger partial charge in [0.2, 0.25) is 5.91 Å². The Hall–Kier alpha value is -2.96. The fourth-order valence-electron chi connectivity index (χ4n) is 3.45. The van der Waals surface area contributed by atoms with Crippen LogP contribution in [0, 0.1) is 18.7 Å². The van der Waals surface area contributed by atoms with E-state index in [0.717, 1.165) is 24.1 Å². The monoisotopic (exact) mass is 368 g/mol. The molecule has 1 aromatic heterocycles. The highest BCUT2D eigenvalue weighted by Gasteiger charge is 2.34. The van der Waals surface area contributed by atoms with Gasteiger partial charge in [0.25, 0.3) is 0 Å². The fraction of sp³-hybridized carbons (Fsp3) is 0.350. The van der Waals surface area contributed by atoms with Gasteiger partial charge in [0.15, 0.2) is 0 Å². The predicted octanol–water partition coefficient (Wildman–Crippen LogP) is 3.69. The summed E-state index contributed by atoms with van der Waals surface area (Å²) in [6, 6.07) is 5.86. The molecule has 0 saturated heterocycles. The molecule has 3 N–H and O–H groups in total. The van der Waals surface area contributed by atoms with Crippen molar-refractivity contribution < 1.29 is 14.0 Å². The van der Waals surface area contributed by atoms with Gasteiger partial charge in [0.1, 0.15) is 5.82 Å². The highest BCUT2D eigenvalue weighted by atomic mass is 19.1. The SMILES string of the molecule is Cc1ccnc([C@@H](NC(=O)Nc2cc(F)cc3c2NC(=O)CC3)C2CC2)c1. The largest absolute Gasteiger partial charge is 0.329 e. The molecular formula is C20H21FN4O2. The van der Waals surface area contributed by atoms with Crippen LogP contribution in [0.4, 0.5) is 20.6 Å². The summed E-state index contributed by atoms with van der Waals surface area (Å²) in [5.41, 5.74) is 3.32. The Morgan fingerprint density at radius 3 is 2.85 bits per heavy atom. The molecule has 27 heavy (non-hydrogen) atoms. The van der Waals surface area contributed by atoms with Crippen molar-refractivity contribution in [2.75, 3.05) is 10.6 Å². The van der Waals surface area contributed by atoms with Crippen LogP contribution in [0.5, 0.6) is 0 Å². The van der Waals surface area contributed by atoms with Crippen molar-refractivity contribution in [3.8, 4) is 0 Å². The summed E-state index contributed by atoms with van der Waals surface area (Å²) in [7, 11) is 0. The van der Waals surface area contributed by atoms with Gasteiger partial charge in [-0.25, -0.2) is 9.18 Å². The van der Waals surface area contributed by atoms with Crippen LogP contribution < -0.4 is 16.0 Å². The van der Waals surface area contributed by atoms with Crippen LogP contribution in [0.3, 0.4) is 0 Å². The van der Waals surface area contributed by atoms with Crippen molar-refractivity contribution in [2.45, 2.75) is 38.6 Å². The molecule has 7 heteroatoms. The van der Waals surface area contributed by atoms with Crippen LogP contribution in [0.1, 0.15) is 42.1 Å². The molecule has 1 fully saturated rings. The first-order valence-electron chi connectivity index (χ1n) is 9.12.